The monoisotopic (exact) mass is 289 g/mol. The second kappa shape index (κ2) is 6.48. The normalized spacial score (nSPS) is 12.2. The molecule has 0 aliphatic heterocycles. The van der Waals surface area contributed by atoms with E-state index in [1.807, 2.05) is 13.8 Å². The van der Waals surface area contributed by atoms with Crippen LogP contribution in [0.25, 0.3) is 0 Å². The molecule has 21 heavy (non-hydrogen) atoms. The van der Waals surface area contributed by atoms with E-state index in [9.17, 15) is 13.6 Å². The molecule has 0 aliphatic rings. The van der Waals surface area contributed by atoms with E-state index in [1.54, 1.807) is 18.2 Å². The number of amides is 1. The summed E-state index contributed by atoms with van der Waals surface area (Å²) in [4.78, 5) is 12.2. The maximum Gasteiger partial charge on any atom is 0.251 e. The van der Waals surface area contributed by atoms with Crippen molar-refractivity contribution in [3.05, 3.63) is 71.3 Å². The molecule has 0 unspecified atom stereocenters. The van der Waals surface area contributed by atoms with Gasteiger partial charge in [0.05, 0.1) is 6.04 Å². The molecule has 1 amide bonds. The standard InChI is InChI=1S/C17H17F2NO/c1-11(2)16(12-6-8-14(18)9-7-12)20-17(21)13-4-3-5-15(19)10-13/h3-11,16H,1-2H3,(H,20,21)/t16-/m0/s1. The van der Waals surface area contributed by atoms with Crippen molar-refractivity contribution in [2.24, 2.45) is 5.92 Å². The van der Waals surface area contributed by atoms with Crippen LogP contribution in [-0.2, 0) is 0 Å². The molecule has 4 heteroatoms. The minimum atomic E-state index is -0.453. The molecule has 0 spiro atoms. The first-order chi connectivity index (χ1) is 9.97. The molecule has 0 fully saturated rings. The van der Waals surface area contributed by atoms with Crippen molar-refractivity contribution >= 4 is 5.91 Å². The van der Waals surface area contributed by atoms with E-state index in [-0.39, 0.29) is 29.2 Å². The highest BCUT2D eigenvalue weighted by Crippen LogP contribution is 2.22. The molecule has 0 saturated heterocycles. The molecule has 0 heterocycles. The number of hydrogen-bond donors (Lipinski definition) is 1. The molecule has 1 atom stereocenters. The van der Waals surface area contributed by atoms with Gasteiger partial charge in [0.25, 0.3) is 5.91 Å². The lowest BCUT2D eigenvalue weighted by molar-refractivity contribution is 0.0925. The molecule has 2 nitrogen and oxygen atoms in total. The summed E-state index contributed by atoms with van der Waals surface area (Å²) in [7, 11) is 0. The van der Waals surface area contributed by atoms with Crippen molar-refractivity contribution in [1.29, 1.82) is 0 Å². The predicted octanol–water partition coefficient (Wildman–Crippen LogP) is 4.09. The number of halogens is 2. The fraction of sp³-hybridized carbons (Fsp3) is 0.235. The number of rotatable bonds is 4. The Bertz CT molecular complexity index is 623. The van der Waals surface area contributed by atoms with Crippen molar-refractivity contribution in [3.8, 4) is 0 Å². The number of hydrogen-bond acceptors (Lipinski definition) is 1. The molecular formula is C17H17F2NO. The van der Waals surface area contributed by atoms with Crippen molar-refractivity contribution < 1.29 is 13.6 Å². The number of carbonyl (C=O) groups is 1. The van der Waals surface area contributed by atoms with E-state index < -0.39 is 5.82 Å². The Labute approximate surface area is 122 Å². The van der Waals surface area contributed by atoms with Gasteiger partial charge >= 0.3 is 0 Å². The Balaban J connectivity index is 2.20. The molecule has 0 aromatic heterocycles. The number of benzene rings is 2. The maximum atomic E-state index is 13.2. The fourth-order valence-corrected chi connectivity index (χ4v) is 2.16. The zero-order chi connectivity index (χ0) is 15.4. The Kier molecular flexibility index (Phi) is 4.68. The topological polar surface area (TPSA) is 29.1 Å². The van der Waals surface area contributed by atoms with Gasteiger partial charge in [0.2, 0.25) is 0 Å². The van der Waals surface area contributed by atoms with Crippen LogP contribution >= 0.6 is 0 Å². The van der Waals surface area contributed by atoms with Gasteiger partial charge in [-0.2, -0.15) is 0 Å². The van der Waals surface area contributed by atoms with Gasteiger partial charge in [-0.3, -0.25) is 4.79 Å². The summed E-state index contributed by atoms with van der Waals surface area (Å²) in [5.74, 6) is -1.01. The van der Waals surface area contributed by atoms with Crippen LogP contribution in [0.5, 0.6) is 0 Å². The first-order valence-electron chi connectivity index (χ1n) is 6.79. The van der Waals surface area contributed by atoms with E-state index in [0.29, 0.717) is 0 Å². The Morgan fingerprint density at radius 2 is 1.67 bits per heavy atom. The molecule has 0 aliphatic carbocycles. The molecule has 1 N–H and O–H groups in total. The molecule has 0 bridgehead atoms. The van der Waals surface area contributed by atoms with Crippen LogP contribution < -0.4 is 5.32 Å². The van der Waals surface area contributed by atoms with Gasteiger partial charge in [-0.25, -0.2) is 8.78 Å². The maximum absolute atomic E-state index is 13.2. The van der Waals surface area contributed by atoms with Crippen molar-refractivity contribution in [1.82, 2.24) is 5.32 Å². The molecule has 0 radical (unpaired) electrons. The Morgan fingerprint density at radius 1 is 1.00 bits per heavy atom. The highest BCUT2D eigenvalue weighted by molar-refractivity contribution is 5.94. The SMILES string of the molecule is CC(C)[C@H](NC(=O)c1cccc(F)c1)c1ccc(F)cc1. The Hall–Kier alpha value is -2.23. The fourth-order valence-electron chi connectivity index (χ4n) is 2.16. The quantitative estimate of drug-likeness (QED) is 0.902. The number of carbonyl (C=O) groups excluding carboxylic acids is 1. The minimum Gasteiger partial charge on any atom is -0.345 e. The summed E-state index contributed by atoms with van der Waals surface area (Å²) in [6.07, 6.45) is 0. The smallest absolute Gasteiger partial charge is 0.251 e. The first kappa shape index (κ1) is 15.2. The third-order valence-electron chi connectivity index (χ3n) is 3.27. The lowest BCUT2D eigenvalue weighted by atomic mass is 9.95. The number of nitrogens with one attached hydrogen (secondary N) is 1. The molecule has 2 aromatic rings. The summed E-state index contributed by atoms with van der Waals surface area (Å²) < 4.78 is 26.2. The lowest BCUT2D eigenvalue weighted by Crippen LogP contribution is -2.31. The zero-order valence-electron chi connectivity index (χ0n) is 11.9. The van der Waals surface area contributed by atoms with Crippen LogP contribution in [0.2, 0.25) is 0 Å². The van der Waals surface area contributed by atoms with E-state index in [1.165, 1.54) is 30.3 Å². The zero-order valence-corrected chi connectivity index (χ0v) is 11.9. The van der Waals surface area contributed by atoms with E-state index >= 15 is 0 Å². The van der Waals surface area contributed by atoms with Crippen LogP contribution in [0.4, 0.5) is 8.78 Å². The van der Waals surface area contributed by atoms with Crippen LogP contribution in [-0.4, -0.2) is 5.91 Å². The van der Waals surface area contributed by atoms with Gasteiger partial charge in [-0.05, 0) is 41.8 Å². The highest BCUT2D eigenvalue weighted by atomic mass is 19.1. The highest BCUT2D eigenvalue weighted by Gasteiger charge is 2.19. The predicted molar refractivity (Wildman–Crippen MR) is 77.8 cm³/mol. The van der Waals surface area contributed by atoms with Gasteiger partial charge in [0.1, 0.15) is 11.6 Å². The second-order valence-electron chi connectivity index (χ2n) is 5.26. The lowest BCUT2D eigenvalue weighted by Gasteiger charge is -2.23. The van der Waals surface area contributed by atoms with Crippen LogP contribution in [0.3, 0.4) is 0 Å². The molecule has 110 valence electrons. The van der Waals surface area contributed by atoms with Crippen LogP contribution in [0.1, 0.15) is 35.8 Å². The largest absolute Gasteiger partial charge is 0.345 e. The second-order valence-corrected chi connectivity index (χ2v) is 5.26. The van der Waals surface area contributed by atoms with Gasteiger partial charge in [0.15, 0.2) is 0 Å². The molecular weight excluding hydrogens is 272 g/mol. The van der Waals surface area contributed by atoms with Crippen LogP contribution in [0.15, 0.2) is 48.5 Å². The average Bonchev–Trinajstić information content (AvgIpc) is 2.45. The van der Waals surface area contributed by atoms with Gasteiger partial charge in [0, 0.05) is 5.56 Å². The molecule has 0 saturated carbocycles. The van der Waals surface area contributed by atoms with Crippen LogP contribution in [0, 0.1) is 17.6 Å². The summed E-state index contributed by atoms with van der Waals surface area (Å²) in [6, 6.07) is 11.3. The summed E-state index contributed by atoms with van der Waals surface area (Å²) in [5, 5.41) is 2.87. The molecule has 2 aromatic carbocycles. The third-order valence-corrected chi connectivity index (χ3v) is 3.27. The minimum absolute atomic E-state index is 0.118. The van der Waals surface area contributed by atoms with Crippen molar-refractivity contribution in [2.75, 3.05) is 0 Å². The van der Waals surface area contributed by atoms with Gasteiger partial charge < -0.3 is 5.32 Å². The van der Waals surface area contributed by atoms with Gasteiger partial charge in [-0.15, -0.1) is 0 Å². The average molecular weight is 289 g/mol. The van der Waals surface area contributed by atoms with E-state index in [4.69, 9.17) is 0 Å². The van der Waals surface area contributed by atoms with E-state index in [2.05, 4.69) is 5.32 Å². The summed E-state index contributed by atoms with van der Waals surface area (Å²) in [5.41, 5.74) is 1.08. The molecule has 2 rings (SSSR count). The first-order valence-corrected chi connectivity index (χ1v) is 6.79. The van der Waals surface area contributed by atoms with Crippen molar-refractivity contribution in [3.63, 3.8) is 0 Å². The van der Waals surface area contributed by atoms with Gasteiger partial charge in [-0.1, -0.05) is 32.0 Å². The third kappa shape index (κ3) is 3.88. The summed E-state index contributed by atoms with van der Waals surface area (Å²) in [6.45, 7) is 3.92. The summed E-state index contributed by atoms with van der Waals surface area (Å²) >= 11 is 0. The van der Waals surface area contributed by atoms with Crippen molar-refractivity contribution in [2.45, 2.75) is 19.9 Å². The Morgan fingerprint density at radius 3 is 2.24 bits per heavy atom. The van der Waals surface area contributed by atoms with E-state index in [0.717, 1.165) is 5.56 Å².